The highest BCUT2D eigenvalue weighted by Crippen LogP contribution is 2.66. The number of aliphatic hydroxyl groups excluding tert-OH is 9. The quantitative estimate of drug-likeness (QED) is 0.0114. The van der Waals surface area contributed by atoms with Gasteiger partial charge in [-0.1, -0.05) is 200 Å². The van der Waals surface area contributed by atoms with Crippen molar-refractivity contribution in [3.63, 3.8) is 0 Å². The highest BCUT2D eigenvalue weighted by atomic mass is 16.6. The molecule has 3 heterocycles. The second-order valence-electron chi connectivity index (χ2n) is 50.0. The molecule has 21 rings (SSSR count). The predicted octanol–water partition coefficient (Wildman–Crippen LogP) is 26.8. The van der Waals surface area contributed by atoms with E-state index >= 15 is 0 Å². The number of carbonyl (C=O) groups excluding carboxylic acids is 5. The molecule has 804 valence electrons. The van der Waals surface area contributed by atoms with Crippen molar-refractivity contribution in [2.24, 2.45) is 104 Å². The molecule has 10 fully saturated rings. The fourth-order valence-electron chi connectivity index (χ4n) is 29.2. The van der Waals surface area contributed by atoms with Gasteiger partial charge < -0.3 is 70.3 Å². The predicted molar refractivity (Wildman–Crippen MR) is 574 cm³/mol. The van der Waals surface area contributed by atoms with E-state index in [1.54, 1.807) is 6.08 Å². The highest BCUT2D eigenvalue weighted by Gasteiger charge is 2.63. The summed E-state index contributed by atoms with van der Waals surface area (Å²) in [6, 6.07) is 0. The fourth-order valence-corrected chi connectivity index (χ4v) is 29.2. The van der Waals surface area contributed by atoms with E-state index in [2.05, 4.69) is 166 Å². The topological polar surface area (TPSA) is 329 Å². The molecular weight excluding hydrogens is 1840 g/mol. The van der Waals surface area contributed by atoms with E-state index in [1.807, 2.05) is 26.1 Å². The van der Waals surface area contributed by atoms with Gasteiger partial charge in [0.2, 0.25) is 0 Å². The summed E-state index contributed by atoms with van der Waals surface area (Å²) in [7, 11) is 1.86. The lowest BCUT2D eigenvalue weighted by molar-refractivity contribution is -0.178. The number of hydrogen-bond donors (Lipinski definition) is 10. The van der Waals surface area contributed by atoms with Gasteiger partial charge in [-0.15, -0.1) is 0 Å². The first kappa shape index (κ1) is 115. The molecule has 0 radical (unpaired) electrons. The molecule has 21 atom stereocenters. The number of ether oxygens (including phenoxy) is 4. The standard InChI is InChI=1S/C21H34N2O2.4C20H30O3.C12H18O2.C11H18O2/c1-5-6-7-8-14-11-18(24)20-16-13-15(23-22-4)9-10-17(16)21(2,3)25-19(20)12-14;2*1-4-5-6-7-12-8-17(22)19(18(23)9-12)13-10-16(21)15-11-14(13)20(15,2)3;2*1-4-5-6-7-13-10-17(22)19-15-12-14(21)8-9-16(15)20(2,3)23-18(19)11-13;1-8(13)14-12(4)6-5-9-7-10(12)11(9,2)3;1-2-3-4-5-9-6-10(12)8-11(13)7-9/h12,16-18,22,24H,5-11,13H2,1-4H3;2*8,13-15,18,22-23H,4-7,9-11H2,1-3H3;2*11,15-17,22H,4-10,12H2,1-3H3;5-6,9-10H,7H2,1-4H3;6,8,11-13H,2-5,7H2,1H3/t16-,17-,18?;2*13?,14-,15+,18?;2*15-,16-,17?;9-,10+,12?;/m111110./s1/i11+1,12+1,14+1,18+1,19+1,20+1;2*8+1,9+1,12+1,17+1,18+1,19+1;2*10+1,11+1,13+1,17+1,18+1,19+1;;6+1,7+1,8+1,9+1,10+1,11+1. The number of unbranched alkanes of at least 4 members (excludes halogenated alkanes) is 12. The number of nitrogens with one attached hydrogen (secondary N) is 1. The maximum Gasteiger partial charge on any atom is 0.303 e. The van der Waals surface area contributed by atoms with Gasteiger partial charge >= 0.3 is 5.97 Å². The first-order valence-corrected chi connectivity index (χ1v) is 57.1. The van der Waals surface area contributed by atoms with Crippen LogP contribution in [0.5, 0.6) is 0 Å². The minimum Gasteiger partial charge on any atom is -0.508 e. The average Bonchev–Trinajstić information content (AvgIpc) is 0.712. The molecule has 0 amide bonds. The van der Waals surface area contributed by atoms with Crippen LogP contribution in [0.15, 0.2) is 156 Å². The fraction of sp³-hybridized carbons (Fsp3) is 0.742. The molecule has 144 heavy (non-hydrogen) atoms. The summed E-state index contributed by atoms with van der Waals surface area (Å²) in [4.78, 5) is 59.7. The molecule has 0 spiro atoms. The minimum absolute atomic E-state index is 0.0120. The number of Topliss-reactive ketones (excluding diaryl/α,β-unsaturated/α-hetero) is 4. The number of aliphatic hydroxyl groups is 9. The van der Waals surface area contributed by atoms with Crippen molar-refractivity contribution in [1.82, 2.24) is 5.43 Å². The van der Waals surface area contributed by atoms with Crippen molar-refractivity contribution in [2.75, 3.05) is 7.05 Å². The van der Waals surface area contributed by atoms with E-state index in [-0.39, 0.29) is 92.0 Å². The monoisotopic (exact) mass is 2030 g/mol. The number of hydrogen-bond acceptors (Lipinski definition) is 20. The lowest BCUT2D eigenvalue weighted by Gasteiger charge is -2.60. The molecule has 0 aromatic carbocycles. The Balaban J connectivity index is 0.000000151. The van der Waals surface area contributed by atoms with Crippen LogP contribution in [-0.2, 0) is 42.9 Å². The summed E-state index contributed by atoms with van der Waals surface area (Å²) in [5.74, 6) is 8.64. The number of ketones is 4. The lowest BCUT2D eigenvalue weighted by Crippen LogP contribution is -2.58. The molecular formula is C124H190N2O18. The number of nitrogens with zero attached hydrogens (tertiary/aromatic N) is 1. The van der Waals surface area contributed by atoms with E-state index < -0.39 is 36.6 Å². The van der Waals surface area contributed by atoms with Crippen LogP contribution in [0, 0.1) is 99.1 Å². The average molecular weight is 2030 g/mol. The number of rotatable bonds is 28. The number of carbonyl (C=O) groups is 5. The molecule has 0 saturated heterocycles. The molecule has 20 nitrogen and oxygen atoms in total. The smallest absolute Gasteiger partial charge is 0.303 e. The Morgan fingerprint density at radius 2 is 0.708 bits per heavy atom. The first-order valence-electron chi connectivity index (χ1n) is 57.1. The largest absolute Gasteiger partial charge is 0.508 e. The molecule has 10 N–H and O–H groups in total. The van der Waals surface area contributed by atoms with Crippen molar-refractivity contribution < 1.29 is 88.9 Å². The first-order chi connectivity index (χ1) is 68.1. The summed E-state index contributed by atoms with van der Waals surface area (Å²) < 4.78 is 24.5. The number of esters is 1. The van der Waals surface area contributed by atoms with Gasteiger partial charge in [0.05, 0.1) is 36.6 Å². The van der Waals surface area contributed by atoms with Crippen LogP contribution in [0.1, 0.15) is 421 Å². The Labute approximate surface area is 865 Å². The molecule has 3 aliphatic heterocycles. The summed E-state index contributed by atoms with van der Waals surface area (Å²) in [6.07, 6.45) is 57.6. The minimum atomic E-state index is -0.623. The van der Waals surface area contributed by atoms with Gasteiger partial charge in [0.25, 0.3) is 0 Å². The molecule has 21 aliphatic rings. The van der Waals surface area contributed by atoms with E-state index in [1.165, 1.54) is 137 Å². The van der Waals surface area contributed by atoms with Crippen LogP contribution < -0.4 is 5.43 Å². The van der Waals surface area contributed by atoms with Gasteiger partial charge in [0.15, 0.2) is 0 Å². The third kappa shape index (κ3) is 27.0. The Bertz CT molecular complexity index is 4790. The van der Waals surface area contributed by atoms with Crippen molar-refractivity contribution in [3.05, 3.63) is 151 Å². The maximum absolute atomic E-state index is 12.4. The Morgan fingerprint density at radius 1 is 0.389 bits per heavy atom. The Kier molecular flexibility index (Phi) is 39.9. The Morgan fingerprint density at radius 3 is 1.01 bits per heavy atom. The zero-order valence-corrected chi connectivity index (χ0v) is 92.5. The maximum atomic E-state index is 12.4. The third-order valence-corrected chi connectivity index (χ3v) is 37.4. The number of fused-ring (bicyclic) bond motifs is 11. The molecule has 9 unspecified atom stereocenters. The summed E-state index contributed by atoms with van der Waals surface area (Å²) in [5.41, 5.74) is 15.4. The van der Waals surface area contributed by atoms with Gasteiger partial charge in [-0.25, -0.2) is 0 Å². The van der Waals surface area contributed by atoms with E-state index in [0.717, 1.165) is 172 Å². The second kappa shape index (κ2) is 49.7. The van der Waals surface area contributed by atoms with E-state index in [9.17, 15) is 69.9 Å². The van der Waals surface area contributed by atoms with Crippen LogP contribution in [0.4, 0.5) is 0 Å². The molecule has 6 bridgehead atoms. The summed E-state index contributed by atoms with van der Waals surface area (Å²) in [6.45, 7) is 42.8. The SMILES string of the molecule is CC(=O)OC1(C)C=C[C@H]2C[C@@H]1C2(C)C.CCCCC[13C]1=[13CH][13C](O)=[13CH][13CH](O)[13CH2]1.CCCCC[13C]1=[13CH][13C](O)=[13C](C2CC(=O)[C@@H]3C[C@H]2C3(C)C)[13CH](O)[13CH2]1.CCCCC[13C]1=[13CH][13C](O)=[13C](C2CC(=O)[C@@H]3C[C@H]2C3(C)C)[13CH](O)[13CH2]1.CCCCC[13C]1=[13CH][13C]2=[13C]([C@@H]3CC(=NNC)CC[C@H]3C(C)(C)O2)[13CH](O)[13CH2]1.CCCCC[13C]1=[13CH][13C]2=[13C]([C@@H]3CC(=O)CC[C@H]3C(C)(C)O2)[13CH](O)[13CH2]1.CCCCC[13C]1=[13CH][13C]2=[13C]([C@@H]3CC(=O)CC[C@H]3C(C)(C)O2)[13CH](O)[13CH2]1. The molecule has 18 aliphatic carbocycles. The Hall–Kier alpha value is -7.20. The van der Waals surface area contributed by atoms with Crippen molar-refractivity contribution in [2.45, 2.75) is 480 Å². The van der Waals surface area contributed by atoms with Gasteiger partial charge in [-0.3, -0.25) is 24.0 Å². The van der Waals surface area contributed by atoms with Crippen LogP contribution in [0.2, 0.25) is 0 Å². The van der Waals surface area contributed by atoms with Crippen LogP contribution in [-0.4, -0.2) is 147 Å². The second-order valence-corrected chi connectivity index (χ2v) is 50.0. The van der Waals surface area contributed by atoms with Crippen molar-refractivity contribution in [1.29, 1.82) is 0 Å². The van der Waals surface area contributed by atoms with Gasteiger partial charge in [-0.05, 0) is 328 Å². The zero-order chi connectivity index (χ0) is 105. The summed E-state index contributed by atoms with van der Waals surface area (Å²) >= 11 is 0. The summed E-state index contributed by atoms with van der Waals surface area (Å²) in [5, 5.41) is 97.8. The molecule has 0 aromatic rings. The van der Waals surface area contributed by atoms with E-state index in [0.29, 0.717) is 147 Å². The van der Waals surface area contributed by atoms with Crippen LogP contribution in [0.3, 0.4) is 0 Å². The van der Waals surface area contributed by atoms with Gasteiger partial charge in [0.1, 0.15) is 80.1 Å². The molecule has 10 saturated carbocycles. The van der Waals surface area contributed by atoms with Crippen LogP contribution >= 0.6 is 0 Å². The normalized spacial score (nSPS) is 33.8. The van der Waals surface area contributed by atoms with E-state index in [4.69, 9.17) is 18.9 Å². The van der Waals surface area contributed by atoms with Gasteiger partial charge in [0, 0.05) is 122 Å². The zero-order valence-electron chi connectivity index (χ0n) is 92.5. The third-order valence-electron chi connectivity index (χ3n) is 37.4. The van der Waals surface area contributed by atoms with Crippen molar-refractivity contribution >= 4 is 34.8 Å². The lowest BCUT2D eigenvalue weighted by atomic mass is 9.46. The molecule has 0 aromatic heterocycles. The van der Waals surface area contributed by atoms with Crippen molar-refractivity contribution in [3.8, 4) is 0 Å². The van der Waals surface area contributed by atoms with Crippen LogP contribution in [0.25, 0.3) is 0 Å². The number of hydrazone groups is 1. The molecule has 20 heteroatoms. The number of allylic oxidation sites excluding steroid dienone is 7. The highest BCUT2D eigenvalue weighted by molar-refractivity contribution is 5.87. The van der Waals surface area contributed by atoms with Gasteiger partial charge in [-0.2, -0.15) is 5.10 Å².